The summed E-state index contributed by atoms with van der Waals surface area (Å²) in [4.78, 5) is 0. The van der Waals surface area contributed by atoms with Crippen molar-refractivity contribution in [3.8, 4) is 0 Å². The molecule has 2 aromatic rings. The maximum Gasteiger partial charge on any atom is 0.416 e. The minimum Gasteiger partial charge on any atom is -0.398 e. The number of anilines is 1. The molecular weight excluding hydrogens is 286 g/mol. The second-order valence-electron chi connectivity index (χ2n) is 4.77. The molecule has 0 radical (unpaired) electrons. The minimum atomic E-state index is -4.56. The zero-order valence-corrected chi connectivity index (χ0v) is 11.1. The summed E-state index contributed by atoms with van der Waals surface area (Å²) in [5, 5.41) is 10.2. The maximum absolute atomic E-state index is 13.7. The van der Waals surface area contributed by atoms with Crippen molar-refractivity contribution in [2.75, 3.05) is 5.73 Å². The summed E-state index contributed by atoms with van der Waals surface area (Å²) in [6.45, 7) is 1.69. The Morgan fingerprint density at radius 2 is 1.71 bits per heavy atom. The molecule has 0 fully saturated rings. The lowest BCUT2D eigenvalue weighted by molar-refractivity contribution is -0.137. The summed E-state index contributed by atoms with van der Waals surface area (Å²) in [5.74, 6) is -0.704. The van der Waals surface area contributed by atoms with Crippen LogP contribution in [-0.4, -0.2) is 5.11 Å². The van der Waals surface area contributed by atoms with Gasteiger partial charge in [-0.15, -0.1) is 0 Å². The molecule has 21 heavy (non-hydrogen) atoms. The number of nitrogen functional groups attached to an aromatic ring is 1. The van der Waals surface area contributed by atoms with E-state index < -0.39 is 23.7 Å². The van der Waals surface area contributed by atoms with Gasteiger partial charge in [0.15, 0.2) is 0 Å². The molecule has 2 nitrogen and oxygen atoms in total. The normalized spacial score (nSPS) is 13.2. The van der Waals surface area contributed by atoms with Gasteiger partial charge in [0, 0.05) is 16.8 Å². The van der Waals surface area contributed by atoms with Gasteiger partial charge in [0.05, 0.1) is 5.56 Å². The van der Waals surface area contributed by atoms with E-state index >= 15 is 0 Å². The van der Waals surface area contributed by atoms with E-state index in [2.05, 4.69) is 0 Å². The fraction of sp³-hybridized carbons (Fsp3) is 0.200. The quantitative estimate of drug-likeness (QED) is 0.654. The van der Waals surface area contributed by atoms with Gasteiger partial charge in [0.2, 0.25) is 0 Å². The molecule has 0 aromatic heterocycles. The molecule has 3 N–H and O–H groups in total. The number of nitrogens with two attached hydrogens (primary N) is 1. The minimum absolute atomic E-state index is 0.0311. The standard InChI is InChI=1S/C15H13F4NO/c1-8-2-4-12(16)10(6-8)14(21)11-7-9(15(17,18)19)3-5-13(11)20/h2-7,14,21H,20H2,1H3. The lowest BCUT2D eigenvalue weighted by Gasteiger charge is -2.17. The van der Waals surface area contributed by atoms with E-state index in [1.54, 1.807) is 6.92 Å². The molecule has 112 valence electrons. The van der Waals surface area contributed by atoms with Crippen molar-refractivity contribution in [3.05, 3.63) is 64.5 Å². The van der Waals surface area contributed by atoms with Gasteiger partial charge in [-0.3, -0.25) is 0 Å². The van der Waals surface area contributed by atoms with Crippen molar-refractivity contribution < 1.29 is 22.7 Å². The Hall–Kier alpha value is -2.08. The van der Waals surface area contributed by atoms with E-state index in [9.17, 15) is 22.7 Å². The molecule has 0 spiro atoms. The molecular formula is C15H13F4NO. The Bertz CT molecular complexity index is 667. The smallest absolute Gasteiger partial charge is 0.398 e. The first-order chi connectivity index (χ1) is 9.70. The molecule has 2 rings (SSSR count). The van der Waals surface area contributed by atoms with Crippen LogP contribution in [0.5, 0.6) is 0 Å². The number of aliphatic hydroxyl groups excluding tert-OH is 1. The molecule has 6 heteroatoms. The summed E-state index contributed by atoms with van der Waals surface area (Å²) in [7, 11) is 0. The lowest BCUT2D eigenvalue weighted by atomic mass is 9.96. The largest absolute Gasteiger partial charge is 0.416 e. The van der Waals surface area contributed by atoms with Gasteiger partial charge in [0.25, 0.3) is 0 Å². The first-order valence-corrected chi connectivity index (χ1v) is 6.11. The van der Waals surface area contributed by atoms with E-state index in [4.69, 9.17) is 5.73 Å². The molecule has 0 heterocycles. The Balaban J connectivity index is 2.52. The zero-order chi connectivity index (χ0) is 15.8. The van der Waals surface area contributed by atoms with Gasteiger partial charge in [0.1, 0.15) is 11.9 Å². The van der Waals surface area contributed by atoms with Crippen LogP contribution in [0, 0.1) is 12.7 Å². The van der Waals surface area contributed by atoms with Gasteiger partial charge in [-0.25, -0.2) is 4.39 Å². The second kappa shape index (κ2) is 5.37. The lowest BCUT2D eigenvalue weighted by Crippen LogP contribution is -2.10. The number of alkyl halides is 3. The highest BCUT2D eigenvalue weighted by Crippen LogP contribution is 2.35. The van der Waals surface area contributed by atoms with Crippen LogP contribution >= 0.6 is 0 Å². The van der Waals surface area contributed by atoms with Gasteiger partial charge in [-0.05, 0) is 31.2 Å². The van der Waals surface area contributed by atoms with E-state index in [1.165, 1.54) is 12.1 Å². The average molecular weight is 299 g/mol. The van der Waals surface area contributed by atoms with Crippen LogP contribution in [-0.2, 0) is 6.18 Å². The number of hydrogen-bond acceptors (Lipinski definition) is 2. The molecule has 2 aromatic carbocycles. The molecule has 1 unspecified atom stereocenters. The number of aryl methyl sites for hydroxylation is 1. The highest BCUT2D eigenvalue weighted by molar-refractivity contribution is 5.53. The van der Waals surface area contributed by atoms with Gasteiger partial charge < -0.3 is 10.8 Å². The number of hydrogen-bond donors (Lipinski definition) is 2. The molecule has 0 amide bonds. The highest BCUT2D eigenvalue weighted by atomic mass is 19.4. The zero-order valence-electron chi connectivity index (χ0n) is 11.1. The fourth-order valence-electron chi connectivity index (χ4n) is 2.03. The van der Waals surface area contributed by atoms with Crippen molar-refractivity contribution in [1.29, 1.82) is 0 Å². The summed E-state index contributed by atoms with van der Waals surface area (Å²) >= 11 is 0. The predicted octanol–water partition coefficient (Wildman–Crippen LogP) is 3.82. The van der Waals surface area contributed by atoms with Crippen molar-refractivity contribution >= 4 is 5.69 Å². The first kappa shape index (κ1) is 15.3. The third-order valence-electron chi connectivity index (χ3n) is 3.15. The van der Waals surface area contributed by atoms with E-state index in [1.807, 2.05) is 0 Å². The Kier molecular flexibility index (Phi) is 3.91. The highest BCUT2D eigenvalue weighted by Gasteiger charge is 2.32. The number of benzene rings is 2. The van der Waals surface area contributed by atoms with Crippen molar-refractivity contribution in [2.45, 2.75) is 19.2 Å². The Labute approximate surface area is 118 Å². The van der Waals surface area contributed by atoms with Crippen molar-refractivity contribution in [1.82, 2.24) is 0 Å². The van der Waals surface area contributed by atoms with Gasteiger partial charge in [-0.2, -0.15) is 13.2 Å². The molecule has 0 aliphatic rings. The van der Waals surface area contributed by atoms with Crippen LogP contribution in [0.2, 0.25) is 0 Å². The molecule has 0 saturated carbocycles. The molecule has 0 bridgehead atoms. The van der Waals surface area contributed by atoms with E-state index in [0.29, 0.717) is 5.56 Å². The third-order valence-corrected chi connectivity index (χ3v) is 3.15. The Morgan fingerprint density at radius 3 is 2.33 bits per heavy atom. The summed E-state index contributed by atoms with van der Waals surface area (Å²) in [5.41, 5.74) is 5.03. The SMILES string of the molecule is Cc1ccc(F)c(C(O)c2cc(C(F)(F)F)ccc2N)c1. The summed E-state index contributed by atoms with van der Waals surface area (Å²) in [6, 6.07) is 6.63. The van der Waals surface area contributed by atoms with Crippen molar-refractivity contribution in [3.63, 3.8) is 0 Å². The monoisotopic (exact) mass is 299 g/mol. The predicted molar refractivity (Wildman–Crippen MR) is 71.1 cm³/mol. The molecule has 1 atom stereocenters. The number of aliphatic hydroxyl groups is 1. The van der Waals surface area contributed by atoms with E-state index in [0.717, 1.165) is 24.3 Å². The van der Waals surface area contributed by atoms with Crippen LogP contribution in [0.15, 0.2) is 36.4 Å². The number of rotatable bonds is 2. The van der Waals surface area contributed by atoms with Crippen LogP contribution < -0.4 is 5.73 Å². The third kappa shape index (κ3) is 3.16. The van der Waals surface area contributed by atoms with Gasteiger partial charge in [-0.1, -0.05) is 17.7 Å². The van der Waals surface area contributed by atoms with Crippen LogP contribution in [0.3, 0.4) is 0 Å². The summed E-state index contributed by atoms with van der Waals surface area (Å²) in [6.07, 6.45) is -6.12. The Morgan fingerprint density at radius 1 is 1.05 bits per heavy atom. The topological polar surface area (TPSA) is 46.2 Å². The maximum atomic E-state index is 13.7. The summed E-state index contributed by atoms with van der Waals surface area (Å²) < 4.78 is 51.9. The molecule has 0 aliphatic heterocycles. The van der Waals surface area contributed by atoms with Gasteiger partial charge >= 0.3 is 6.18 Å². The average Bonchev–Trinajstić information content (AvgIpc) is 2.40. The number of halogens is 4. The van der Waals surface area contributed by atoms with E-state index in [-0.39, 0.29) is 16.8 Å². The second-order valence-corrected chi connectivity index (χ2v) is 4.77. The van der Waals surface area contributed by atoms with Crippen molar-refractivity contribution in [2.24, 2.45) is 0 Å². The van der Waals surface area contributed by atoms with Crippen LogP contribution in [0.1, 0.15) is 28.4 Å². The molecule has 0 aliphatic carbocycles. The molecule has 0 saturated heterocycles. The van der Waals surface area contributed by atoms with Crippen LogP contribution in [0.25, 0.3) is 0 Å². The fourth-order valence-corrected chi connectivity index (χ4v) is 2.03. The van der Waals surface area contributed by atoms with Crippen LogP contribution in [0.4, 0.5) is 23.2 Å². The first-order valence-electron chi connectivity index (χ1n) is 6.11.